The highest BCUT2D eigenvalue weighted by atomic mass is 16.2. The molecule has 2 amide bonds. The van der Waals surface area contributed by atoms with Crippen LogP contribution in [-0.4, -0.2) is 22.8 Å². The Balaban J connectivity index is 1.83. The average molecular weight is 350 g/mol. The summed E-state index contributed by atoms with van der Waals surface area (Å²) in [6.45, 7) is 8.71. The van der Waals surface area contributed by atoms with Gasteiger partial charge in [-0.05, 0) is 61.1 Å². The number of hydrogen-bond donors (Lipinski definition) is 1. The van der Waals surface area contributed by atoms with Gasteiger partial charge in [0.1, 0.15) is 6.04 Å². The van der Waals surface area contributed by atoms with Crippen molar-refractivity contribution in [2.45, 2.75) is 46.7 Å². The maximum atomic E-state index is 13.0. The largest absolute Gasteiger partial charge is 0.324 e. The Bertz CT molecular complexity index is 842. The van der Waals surface area contributed by atoms with Crippen LogP contribution >= 0.6 is 0 Å². The first kappa shape index (κ1) is 18.2. The number of carbonyl (C=O) groups is 2. The van der Waals surface area contributed by atoms with Crippen LogP contribution in [0.4, 0.5) is 5.69 Å². The lowest BCUT2D eigenvalue weighted by atomic mass is 10.0. The van der Waals surface area contributed by atoms with Gasteiger partial charge in [-0.1, -0.05) is 38.1 Å². The van der Waals surface area contributed by atoms with E-state index >= 15 is 0 Å². The van der Waals surface area contributed by atoms with E-state index in [1.54, 1.807) is 4.90 Å². The average Bonchev–Trinajstić information content (AvgIpc) is 2.93. The summed E-state index contributed by atoms with van der Waals surface area (Å²) in [7, 11) is 0. The fourth-order valence-electron chi connectivity index (χ4n) is 3.40. The van der Waals surface area contributed by atoms with Crippen LogP contribution in [0.15, 0.2) is 42.5 Å². The van der Waals surface area contributed by atoms with Crippen LogP contribution in [0.3, 0.4) is 0 Å². The molecular weight excluding hydrogens is 324 g/mol. The highest BCUT2D eigenvalue weighted by molar-refractivity contribution is 6.03. The van der Waals surface area contributed by atoms with Gasteiger partial charge in [0.15, 0.2) is 0 Å². The Hall–Kier alpha value is -2.62. The predicted molar refractivity (Wildman–Crippen MR) is 104 cm³/mol. The molecule has 0 unspecified atom stereocenters. The quantitative estimate of drug-likeness (QED) is 0.873. The van der Waals surface area contributed by atoms with Crippen LogP contribution in [-0.2, 0) is 11.3 Å². The standard InChI is InChI=1S/C22H26N2O2/c1-14(2)11-20(21(25)23-18-10-9-15(3)16(4)12-18)24-13-17-7-5-6-8-19(17)22(24)26/h5-10,12,14,20H,11,13H2,1-4H3,(H,23,25)/t20-/m1/s1. The smallest absolute Gasteiger partial charge is 0.255 e. The van der Waals surface area contributed by atoms with Gasteiger partial charge in [0.05, 0.1) is 0 Å². The minimum atomic E-state index is -0.475. The molecule has 1 N–H and O–H groups in total. The summed E-state index contributed by atoms with van der Waals surface area (Å²) >= 11 is 0. The number of fused-ring (bicyclic) bond motifs is 1. The normalized spacial score (nSPS) is 14.5. The molecule has 2 aromatic rings. The molecule has 1 heterocycles. The van der Waals surface area contributed by atoms with Crippen LogP contribution < -0.4 is 5.32 Å². The molecule has 0 radical (unpaired) electrons. The first-order valence-electron chi connectivity index (χ1n) is 9.14. The van der Waals surface area contributed by atoms with Crippen molar-refractivity contribution in [3.8, 4) is 0 Å². The summed E-state index contributed by atoms with van der Waals surface area (Å²) in [6.07, 6.45) is 0.635. The molecule has 0 saturated heterocycles. The lowest BCUT2D eigenvalue weighted by Crippen LogP contribution is -2.45. The van der Waals surface area contributed by atoms with Crippen molar-refractivity contribution in [1.82, 2.24) is 4.90 Å². The minimum absolute atomic E-state index is 0.0542. The maximum absolute atomic E-state index is 13.0. The molecule has 0 saturated carbocycles. The molecule has 4 heteroatoms. The molecule has 1 aliphatic heterocycles. The Morgan fingerprint density at radius 3 is 2.50 bits per heavy atom. The number of nitrogens with one attached hydrogen (secondary N) is 1. The van der Waals surface area contributed by atoms with E-state index in [0.717, 1.165) is 16.8 Å². The van der Waals surface area contributed by atoms with Crippen molar-refractivity contribution in [1.29, 1.82) is 0 Å². The predicted octanol–water partition coefficient (Wildman–Crippen LogP) is 4.31. The monoisotopic (exact) mass is 350 g/mol. The fourth-order valence-corrected chi connectivity index (χ4v) is 3.40. The molecule has 26 heavy (non-hydrogen) atoms. The van der Waals surface area contributed by atoms with Gasteiger partial charge in [-0.25, -0.2) is 0 Å². The van der Waals surface area contributed by atoms with E-state index in [0.29, 0.717) is 24.4 Å². The van der Waals surface area contributed by atoms with Gasteiger partial charge in [-0.15, -0.1) is 0 Å². The molecule has 1 aliphatic rings. The molecule has 0 bridgehead atoms. The van der Waals surface area contributed by atoms with Crippen molar-refractivity contribution in [2.24, 2.45) is 5.92 Å². The zero-order chi connectivity index (χ0) is 18.8. The zero-order valence-corrected chi connectivity index (χ0v) is 15.9. The molecule has 2 aromatic carbocycles. The summed E-state index contributed by atoms with van der Waals surface area (Å²) in [5, 5.41) is 3.01. The fraction of sp³-hybridized carbons (Fsp3) is 0.364. The van der Waals surface area contributed by atoms with E-state index in [9.17, 15) is 9.59 Å². The van der Waals surface area contributed by atoms with Gasteiger partial charge in [-0.3, -0.25) is 9.59 Å². The second-order valence-corrected chi connectivity index (χ2v) is 7.52. The number of anilines is 1. The number of benzene rings is 2. The molecule has 0 aromatic heterocycles. The van der Waals surface area contributed by atoms with Crippen LogP contribution in [0.1, 0.15) is 47.3 Å². The van der Waals surface area contributed by atoms with Gasteiger partial charge in [0.2, 0.25) is 5.91 Å². The number of nitrogens with zero attached hydrogens (tertiary/aromatic N) is 1. The third kappa shape index (κ3) is 3.64. The van der Waals surface area contributed by atoms with Crippen molar-refractivity contribution in [2.75, 3.05) is 5.32 Å². The lowest BCUT2D eigenvalue weighted by molar-refractivity contribution is -0.121. The van der Waals surface area contributed by atoms with E-state index in [1.165, 1.54) is 5.56 Å². The topological polar surface area (TPSA) is 49.4 Å². The van der Waals surface area contributed by atoms with Gasteiger partial charge in [0.25, 0.3) is 5.91 Å². The third-order valence-corrected chi connectivity index (χ3v) is 5.00. The molecule has 0 fully saturated rings. The van der Waals surface area contributed by atoms with Crippen LogP contribution in [0.25, 0.3) is 0 Å². The summed E-state index contributed by atoms with van der Waals surface area (Å²) in [6, 6.07) is 13.0. The Kier molecular flexibility index (Phi) is 5.12. The third-order valence-electron chi connectivity index (χ3n) is 5.00. The summed E-state index contributed by atoms with van der Waals surface area (Å²) in [5.74, 6) is 0.131. The summed E-state index contributed by atoms with van der Waals surface area (Å²) in [4.78, 5) is 27.6. The first-order chi connectivity index (χ1) is 12.4. The number of amides is 2. The van der Waals surface area contributed by atoms with E-state index in [4.69, 9.17) is 0 Å². The Labute approximate surface area is 155 Å². The summed E-state index contributed by atoms with van der Waals surface area (Å²) in [5.41, 5.74) is 4.79. The molecule has 0 aliphatic carbocycles. The van der Waals surface area contributed by atoms with Crippen molar-refractivity contribution >= 4 is 17.5 Å². The molecule has 4 nitrogen and oxygen atoms in total. The second-order valence-electron chi connectivity index (χ2n) is 7.52. The number of rotatable bonds is 5. The van der Waals surface area contributed by atoms with E-state index in [2.05, 4.69) is 19.2 Å². The second kappa shape index (κ2) is 7.32. The zero-order valence-electron chi connectivity index (χ0n) is 15.9. The lowest BCUT2D eigenvalue weighted by Gasteiger charge is -2.28. The van der Waals surface area contributed by atoms with Gasteiger partial charge in [0, 0.05) is 17.8 Å². The van der Waals surface area contributed by atoms with Crippen molar-refractivity contribution < 1.29 is 9.59 Å². The SMILES string of the molecule is Cc1ccc(NC(=O)[C@@H](CC(C)C)N2Cc3ccccc3C2=O)cc1C. The van der Waals surface area contributed by atoms with Crippen LogP contribution in [0, 0.1) is 19.8 Å². The molecule has 136 valence electrons. The first-order valence-corrected chi connectivity index (χ1v) is 9.14. The molecule has 3 rings (SSSR count). The van der Waals surface area contributed by atoms with Gasteiger partial charge >= 0.3 is 0 Å². The highest BCUT2D eigenvalue weighted by Crippen LogP contribution is 2.27. The molecular formula is C22H26N2O2. The number of hydrogen-bond acceptors (Lipinski definition) is 2. The summed E-state index contributed by atoms with van der Waals surface area (Å²) < 4.78 is 0. The minimum Gasteiger partial charge on any atom is -0.324 e. The molecule has 0 spiro atoms. The van der Waals surface area contributed by atoms with Crippen LogP contribution in [0.5, 0.6) is 0 Å². The molecule has 1 atom stereocenters. The van der Waals surface area contributed by atoms with Crippen molar-refractivity contribution in [3.63, 3.8) is 0 Å². The van der Waals surface area contributed by atoms with E-state index in [-0.39, 0.29) is 11.8 Å². The highest BCUT2D eigenvalue weighted by Gasteiger charge is 2.36. The Morgan fingerprint density at radius 1 is 1.12 bits per heavy atom. The van der Waals surface area contributed by atoms with Crippen molar-refractivity contribution in [3.05, 3.63) is 64.7 Å². The van der Waals surface area contributed by atoms with E-state index in [1.807, 2.05) is 56.3 Å². The number of aryl methyl sites for hydroxylation is 2. The van der Waals surface area contributed by atoms with Crippen LogP contribution in [0.2, 0.25) is 0 Å². The maximum Gasteiger partial charge on any atom is 0.255 e. The van der Waals surface area contributed by atoms with Gasteiger partial charge < -0.3 is 10.2 Å². The van der Waals surface area contributed by atoms with Gasteiger partial charge in [-0.2, -0.15) is 0 Å². The van der Waals surface area contributed by atoms with E-state index < -0.39 is 6.04 Å². The number of carbonyl (C=O) groups excluding carboxylic acids is 2. The Morgan fingerprint density at radius 2 is 1.85 bits per heavy atom.